The summed E-state index contributed by atoms with van der Waals surface area (Å²) in [5.74, 6) is 0.176. The molecule has 0 unspecified atom stereocenters. The number of nitrogens with one attached hydrogen (secondary N) is 2. The molecule has 158 valence electrons. The topological polar surface area (TPSA) is 90.2 Å². The van der Waals surface area contributed by atoms with Crippen molar-refractivity contribution in [2.45, 2.75) is 13.1 Å². The van der Waals surface area contributed by atoms with Crippen molar-refractivity contribution < 1.29 is 14.3 Å². The highest BCUT2D eigenvalue weighted by Crippen LogP contribution is 2.14. The van der Waals surface area contributed by atoms with E-state index in [2.05, 4.69) is 38.5 Å². The van der Waals surface area contributed by atoms with E-state index in [0.717, 1.165) is 5.52 Å². The second-order valence-electron chi connectivity index (χ2n) is 6.99. The first-order valence-corrected chi connectivity index (χ1v) is 9.98. The molecule has 0 radical (unpaired) electrons. The number of fused-ring (bicyclic) bond motifs is 1. The minimum Gasteiger partial charge on any atom is -0.484 e. The number of benzene rings is 2. The summed E-state index contributed by atoms with van der Waals surface area (Å²) in [7, 11) is 0. The van der Waals surface area contributed by atoms with E-state index < -0.39 is 0 Å². The Hall–Kier alpha value is -4.07. The third kappa shape index (κ3) is 5.51. The molecule has 0 fully saturated rings. The van der Waals surface area contributed by atoms with Crippen molar-refractivity contribution in [2.24, 2.45) is 0 Å². The number of carbonyl (C=O) groups is 2. The fraction of sp³-hybridized carbons (Fsp3) is 0.174. The van der Waals surface area contributed by atoms with Gasteiger partial charge < -0.3 is 19.9 Å². The summed E-state index contributed by atoms with van der Waals surface area (Å²) in [5, 5.41) is 10.9. The molecule has 0 atom stereocenters. The number of para-hydroxylation sites is 2. The minimum absolute atomic E-state index is 0.0722. The predicted octanol–water partition coefficient (Wildman–Crippen LogP) is 2.67. The van der Waals surface area contributed by atoms with E-state index in [4.69, 9.17) is 4.74 Å². The van der Waals surface area contributed by atoms with Crippen LogP contribution < -0.4 is 15.4 Å². The molecule has 0 aliphatic rings. The quantitative estimate of drug-likeness (QED) is 0.438. The number of rotatable bonds is 9. The lowest BCUT2D eigenvalue weighted by atomic mass is 10.2. The van der Waals surface area contributed by atoms with Crippen LogP contribution in [0.25, 0.3) is 10.9 Å². The first kappa shape index (κ1) is 20.2. The Kier molecular flexibility index (Phi) is 6.27. The molecule has 2 heterocycles. The maximum absolute atomic E-state index is 12.2. The van der Waals surface area contributed by atoms with Crippen molar-refractivity contribution in [1.29, 1.82) is 0 Å². The molecule has 2 amide bonds. The smallest absolute Gasteiger partial charge is 0.262 e. The molecule has 0 aliphatic carbocycles. The number of hydrogen-bond acceptors (Lipinski definition) is 4. The van der Waals surface area contributed by atoms with Gasteiger partial charge in [-0.15, -0.1) is 0 Å². The average Bonchev–Trinajstić information content (AvgIpc) is 3.40. The van der Waals surface area contributed by atoms with Gasteiger partial charge in [-0.25, -0.2) is 0 Å². The number of anilines is 1. The second kappa shape index (κ2) is 9.62. The summed E-state index contributed by atoms with van der Waals surface area (Å²) in [6, 6.07) is 19.3. The summed E-state index contributed by atoms with van der Waals surface area (Å²) < 4.78 is 8.99. The fourth-order valence-corrected chi connectivity index (χ4v) is 3.23. The Bertz CT molecular complexity index is 1170. The van der Waals surface area contributed by atoms with Crippen molar-refractivity contribution in [3.8, 4) is 5.75 Å². The molecule has 2 N–H and O–H groups in total. The third-order valence-corrected chi connectivity index (χ3v) is 4.69. The van der Waals surface area contributed by atoms with Gasteiger partial charge in [-0.2, -0.15) is 5.10 Å². The maximum Gasteiger partial charge on any atom is 0.262 e. The molecule has 8 nitrogen and oxygen atoms in total. The van der Waals surface area contributed by atoms with Gasteiger partial charge in [0.15, 0.2) is 6.61 Å². The minimum atomic E-state index is -0.299. The van der Waals surface area contributed by atoms with Gasteiger partial charge >= 0.3 is 0 Å². The van der Waals surface area contributed by atoms with E-state index in [0.29, 0.717) is 24.5 Å². The lowest BCUT2D eigenvalue weighted by molar-refractivity contribution is -0.122. The summed E-state index contributed by atoms with van der Waals surface area (Å²) in [6.45, 7) is 1.16. The highest BCUT2D eigenvalue weighted by Gasteiger charge is 2.08. The molecule has 0 spiro atoms. The van der Waals surface area contributed by atoms with E-state index >= 15 is 0 Å². The van der Waals surface area contributed by atoms with Gasteiger partial charge in [0.05, 0.1) is 11.9 Å². The van der Waals surface area contributed by atoms with Crippen LogP contribution in [0.5, 0.6) is 5.75 Å². The number of amides is 2. The number of nitrogens with zero attached hydrogens (tertiary/aromatic N) is 3. The van der Waals surface area contributed by atoms with Crippen LogP contribution in [0.2, 0.25) is 0 Å². The van der Waals surface area contributed by atoms with Crippen LogP contribution in [0, 0.1) is 0 Å². The summed E-state index contributed by atoms with van der Waals surface area (Å²) in [6.07, 6.45) is 5.12. The van der Waals surface area contributed by atoms with Gasteiger partial charge in [0, 0.05) is 31.0 Å². The molecule has 0 aliphatic heterocycles. The van der Waals surface area contributed by atoms with Crippen LogP contribution in [0.3, 0.4) is 0 Å². The molecule has 2 aromatic heterocycles. The average molecular weight is 417 g/mol. The predicted molar refractivity (Wildman–Crippen MR) is 118 cm³/mol. The van der Waals surface area contributed by atoms with Crippen LogP contribution in [0.15, 0.2) is 79.3 Å². The first-order chi connectivity index (χ1) is 15.2. The number of ether oxygens (including phenoxy) is 1. The van der Waals surface area contributed by atoms with E-state index in [1.54, 1.807) is 18.3 Å². The van der Waals surface area contributed by atoms with Gasteiger partial charge in [0.2, 0.25) is 5.91 Å². The van der Waals surface area contributed by atoms with Crippen molar-refractivity contribution in [3.05, 3.63) is 79.3 Å². The van der Waals surface area contributed by atoms with Crippen molar-refractivity contribution in [3.63, 3.8) is 0 Å². The van der Waals surface area contributed by atoms with Gasteiger partial charge in [-0.3, -0.25) is 14.3 Å². The molecular weight excluding hydrogens is 394 g/mol. The molecule has 0 saturated heterocycles. The maximum atomic E-state index is 12.2. The highest BCUT2D eigenvalue weighted by atomic mass is 16.5. The standard InChI is InChI=1S/C23H23N5O3/c29-22(24-11-13-27-12-10-18-6-4-5-9-21(18)27)16-28-15-19(14-25-28)26-23(30)17-31-20-7-2-1-3-8-20/h1-10,12,14-15H,11,13,16-17H2,(H,24,29)(H,26,30). The molecule has 31 heavy (non-hydrogen) atoms. The molecule has 0 saturated carbocycles. The second-order valence-corrected chi connectivity index (χ2v) is 6.99. The summed E-state index contributed by atoms with van der Waals surface area (Å²) in [4.78, 5) is 24.2. The molecule has 4 aromatic rings. The largest absolute Gasteiger partial charge is 0.484 e. The number of aromatic nitrogens is 3. The number of hydrogen-bond donors (Lipinski definition) is 2. The van der Waals surface area contributed by atoms with Gasteiger partial charge in [0.25, 0.3) is 5.91 Å². The third-order valence-electron chi connectivity index (χ3n) is 4.69. The Morgan fingerprint density at radius 2 is 1.77 bits per heavy atom. The SMILES string of the molecule is O=C(Cn1cc(NC(=O)COc2ccccc2)cn1)NCCn1ccc2ccccc21. The van der Waals surface area contributed by atoms with E-state index in [-0.39, 0.29) is 25.0 Å². The Labute approximate surface area is 179 Å². The van der Waals surface area contributed by atoms with Crippen LogP contribution in [0.1, 0.15) is 0 Å². The van der Waals surface area contributed by atoms with Crippen LogP contribution >= 0.6 is 0 Å². The monoisotopic (exact) mass is 417 g/mol. The van der Waals surface area contributed by atoms with Crippen LogP contribution in [0.4, 0.5) is 5.69 Å². The lowest BCUT2D eigenvalue weighted by Crippen LogP contribution is -2.30. The van der Waals surface area contributed by atoms with Crippen molar-refractivity contribution in [1.82, 2.24) is 19.7 Å². The van der Waals surface area contributed by atoms with E-state index in [1.807, 2.05) is 36.5 Å². The molecular formula is C23H23N5O3. The summed E-state index contributed by atoms with van der Waals surface area (Å²) >= 11 is 0. The molecule has 8 heteroatoms. The zero-order chi connectivity index (χ0) is 21.5. The molecule has 0 bridgehead atoms. The van der Waals surface area contributed by atoms with Crippen LogP contribution in [-0.4, -0.2) is 39.3 Å². The van der Waals surface area contributed by atoms with E-state index in [1.165, 1.54) is 16.3 Å². The summed E-state index contributed by atoms with van der Waals surface area (Å²) in [5.41, 5.74) is 1.65. The zero-order valence-electron chi connectivity index (χ0n) is 16.9. The van der Waals surface area contributed by atoms with E-state index in [9.17, 15) is 9.59 Å². The van der Waals surface area contributed by atoms with Gasteiger partial charge in [-0.1, -0.05) is 36.4 Å². The zero-order valence-corrected chi connectivity index (χ0v) is 16.9. The Balaban J connectivity index is 1.20. The van der Waals surface area contributed by atoms with Gasteiger partial charge in [-0.05, 0) is 29.7 Å². The molecule has 4 rings (SSSR count). The van der Waals surface area contributed by atoms with Crippen LogP contribution in [-0.2, 0) is 22.7 Å². The first-order valence-electron chi connectivity index (χ1n) is 9.98. The fourth-order valence-electron chi connectivity index (χ4n) is 3.23. The number of carbonyl (C=O) groups excluding carboxylic acids is 2. The Morgan fingerprint density at radius 3 is 2.65 bits per heavy atom. The van der Waals surface area contributed by atoms with Crippen molar-refractivity contribution in [2.75, 3.05) is 18.5 Å². The Morgan fingerprint density at radius 1 is 0.968 bits per heavy atom. The highest BCUT2D eigenvalue weighted by molar-refractivity contribution is 5.91. The van der Waals surface area contributed by atoms with Gasteiger partial charge in [0.1, 0.15) is 12.3 Å². The lowest BCUT2D eigenvalue weighted by Gasteiger charge is -2.08. The molecule has 2 aromatic carbocycles. The normalized spacial score (nSPS) is 10.7. The van der Waals surface area contributed by atoms with Crippen molar-refractivity contribution >= 4 is 28.4 Å².